The smallest absolute Gasteiger partial charge is 0.267 e. The second kappa shape index (κ2) is 7.87. The number of hydrogen-bond acceptors (Lipinski definition) is 6. The van der Waals surface area contributed by atoms with Gasteiger partial charge in [0.25, 0.3) is 17.5 Å². The molecule has 10 heteroatoms. The molecule has 2 aromatic rings. The number of amides is 2. The highest BCUT2D eigenvalue weighted by molar-refractivity contribution is 8.26. The number of nitro benzene ring substituents is 1. The van der Waals surface area contributed by atoms with Gasteiger partial charge >= 0.3 is 0 Å². The molecule has 2 amide bonds. The Bertz CT molecular complexity index is 995. The SMILES string of the molecule is O=C(NN1C(=O)/C(=C\c2ccc(Cl)c([N+](=O)[O-])c2)SC1=S)c1ccccc1. The lowest BCUT2D eigenvalue weighted by Gasteiger charge is -2.15. The summed E-state index contributed by atoms with van der Waals surface area (Å²) in [6.45, 7) is 0. The number of hydrazine groups is 1. The van der Waals surface area contributed by atoms with Crippen molar-refractivity contribution in [2.45, 2.75) is 0 Å². The maximum atomic E-state index is 12.5. The fourth-order valence-electron chi connectivity index (χ4n) is 2.23. The maximum Gasteiger partial charge on any atom is 0.288 e. The number of thioether (sulfide) groups is 1. The van der Waals surface area contributed by atoms with E-state index >= 15 is 0 Å². The summed E-state index contributed by atoms with van der Waals surface area (Å²) >= 11 is 11.9. The zero-order valence-corrected chi connectivity index (χ0v) is 15.8. The molecule has 0 atom stereocenters. The highest BCUT2D eigenvalue weighted by atomic mass is 35.5. The first-order chi connectivity index (χ1) is 12.9. The summed E-state index contributed by atoms with van der Waals surface area (Å²) in [5.74, 6) is -0.998. The number of nitrogens with one attached hydrogen (secondary N) is 1. The quantitative estimate of drug-likeness (QED) is 0.351. The van der Waals surface area contributed by atoms with Gasteiger partial charge in [0, 0.05) is 11.6 Å². The van der Waals surface area contributed by atoms with Gasteiger partial charge in [-0.05, 0) is 42.1 Å². The van der Waals surface area contributed by atoms with Crippen LogP contribution in [0.4, 0.5) is 5.69 Å². The minimum absolute atomic E-state index is 0.000164. The van der Waals surface area contributed by atoms with Crippen molar-refractivity contribution in [2.24, 2.45) is 0 Å². The molecule has 1 saturated heterocycles. The van der Waals surface area contributed by atoms with Gasteiger partial charge in [-0.25, -0.2) is 0 Å². The summed E-state index contributed by atoms with van der Waals surface area (Å²) in [7, 11) is 0. The van der Waals surface area contributed by atoms with Crippen LogP contribution in [-0.2, 0) is 4.79 Å². The van der Waals surface area contributed by atoms with Gasteiger partial charge in [-0.1, -0.05) is 47.6 Å². The molecule has 27 heavy (non-hydrogen) atoms. The largest absolute Gasteiger partial charge is 0.288 e. The highest BCUT2D eigenvalue weighted by Crippen LogP contribution is 2.33. The number of nitro groups is 1. The van der Waals surface area contributed by atoms with Crippen LogP contribution in [0.1, 0.15) is 15.9 Å². The Morgan fingerprint density at radius 1 is 1.26 bits per heavy atom. The third kappa shape index (κ3) is 4.16. The van der Waals surface area contributed by atoms with Crippen LogP contribution in [0.2, 0.25) is 5.02 Å². The molecule has 0 aliphatic carbocycles. The Morgan fingerprint density at radius 3 is 2.63 bits per heavy atom. The van der Waals surface area contributed by atoms with Crippen LogP contribution in [0.25, 0.3) is 6.08 Å². The van der Waals surface area contributed by atoms with E-state index in [-0.39, 0.29) is 19.9 Å². The standard InChI is InChI=1S/C17H10ClN3O4S2/c18-12-7-6-10(8-13(12)21(24)25)9-14-16(23)20(17(26)27-14)19-15(22)11-4-2-1-3-5-11/h1-9H,(H,19,22)/b14-9+. The topological polar surface area (TPSA) is 92.6 Å². The predicted molar refractivity (Wildman–Crippen MR) is 107 cm³/mol. The molecule has 1 N–H and O–H groups in total. The van der Waals surface area contributed by atoms with Gasteiger partial charge in [-0.2, -0.15) is 5.01 Å². The predicted octanol–water partition coefficient (Wildman–Crippen LogP) is 3.79. The highest BCUT2D eigenvalue weighted by Gasteiger charge is 2.33. The molecular formula is C17H10ClN3O4S2. The Kier molecular flexibility index (Phi) is 5.54. The van der Waals surface area contributed by atoms with E-state index in [1.807, 2.05) is 0 Å². The van der Waals surface area contributed by atoms with Gasteiger partial charge in [0.2, 0.25) is 0 Å². The van der Waals surface area contributed by atoms with Crippen molar-refractivity contribution < 1.29 is 14.5 Å². The Labute approximate surface area is 168 Å². The van der Waals surface area contributed by atoms with Gasteiger partial charge in [0.05, 0.1) is 9.83 Å². The number of nitrogens with zero attached hydrogens (tertiary/aromatic N) is 2. The fraction of sp³-hybridized carbons (Fsp3) is 0. The Balaban J connectivity index is 1.82. The van der Waals surface area contributed by atoms with Crippen LogP contribution in [0.15, 0.2) is 53.4 Å². The number of carbonyl (C=O) groups excluding carboxylic acids is 2. The number of thiocarbonyl (C=S) groups is 1. The third-order valence-electron chi connectivity index (χ3n) is 3.51. The molecule has 1 aliphatic rings. The molecular weight excluding hydrogens is 410 g/mol. The molecule has 0 unspecified atom stereocenters. The van der Waals surface area contributed by atoms with E-state index in [4.69, 9.17) is 23.8 Å². The number of hydrogen-bond donors (Lipinski definition) is 1. The first kappa shape index (κ1) is 19.0. The molecule has 0 aromatic heterocycles. The molecule has 2 aromatic carbocycles. The summed E-state index contributed by atoms with van der Waals surface area (Å²) in [4.78, 5) is 35.4. The van der Waals surface area contributed by atoms with Crippen LogP contribution in [0, 0.1) is 10.1 Å². The average molecular weight is 420 g/mol. The van der Waals surface area contributed by atoms with Gasteiger partial charge < -0.3 is 0 Å². The first-order valence-corrected chi connectivity index (χ1v) is 9.05. The van der Waals surface area contributed by atoms with Crippen LogP contribution in [0.5, 0.6) is 0 Å². The van der Waals surface area contributed by atoms with E-state index in [1.54, 1.807) is 36.4 Å². The van der Waals surface area contributed by atoms with Crippen LogP contribution < -0.4 is 5.43 Å². The van der Waals surface area contributed by atoms with Gasteiger partial charge in [-0.15, -0.1) is 0 Å². The van der Waals surface area contributed by atoms with Gasteiger partial charge in [0.1, 0.15) is 5.02 Å². The number of rotatable bonds is 4. The Morgan fingerprint density at radius 2 is 1.96 bits per heavy atom. The van der Waals surface area contributed by atoms with Crippen molar-refractivity contribution in [1.29, 1.82) is 0 Å². The first-order valence-electron chi connectivity index (χ1n) is 7.45. The van der Waals surface area contributed by atoms with E-state index < -0.39 is 16.7 Å². The van der Waals surface area contributed by atoms with Crippen LogP contribution >= 0.6 is 35.6 Å². The van der Waals surface area contributed by atoms with E-state index in [9.17, 15) is 19.7 Å². The van der Waals surface area contributed by atoms with Crippen molar-refractivity contribution >= 4 is 63.5 Å². The zero-order valence-electron chi connectivity index (χ0n) is 13.4. The van der Waals surface area contributed by atoms with E-state index in [0.717, 1.165) is 16.8 Å². The molecule has 0 spiro atoms. The zero-order chi connectivity index (χ0) is 19.6. The van der Waals surface area contributed by atoms with Crippen molar-refractivity contribution in [3.05, 3.63) is 79.7 Å². The van der Waals surface area contributed by atoms with Crippen molar-refractivity contribution in [1.82, 2.24) is 10.4 Å². The summed E-state index contributed by atoms with van der Waals surface area (Å²) < 4.78 is 0.152. The van der Waals surface area contributed by atoms with Crippen LogP contribution in [-0.4, -0.2) is 26.1 Å². The molecule has 3 rings (SSSR count). The molecule has 0 bridgehead atoms. The molecule has 136 valence electrons. The lowest BCUT2D eigenvalue weighted by molar-refractivity contribution is -0.384. The van der Waals surface area contributed by atoms with Crippen molar-refractivity contribution in [3.8, 4) is 0 Å². The Hall–Kier alpha value is -2.75. The summed E-state index contributed by atoms with van der Waals surface area (Å²) in [5, 5.41) is 12.0. The third-order valence-corrected chi connectivity index (χ3v) is 5.13. The van der Waals surface area contributed by atoms with E-state index in [1.165, 1.54) is 18.2 Å². The lowest BCUT2D eigenvalue weighted by Crippen LogP contribution is -2.44. The molecule has 1 heterocycles. The summed E-state index contributed by atoms with van der Waals surface area (Å²) in [6, 6.07) is 12.6. The number of carbonyl (C=O) groups is 2. The van der Waals surface area contributed by atoms with Gasteiger partial charge in [0.15, 0.2) is 4.32 Å². The second-order valence-corrected chi connectivity index (χ2v) is 7.37. The molecule has 7 nitrogen and oxygen atoms in total. The monoisotopic (exact) mass is 419 g/mol. The molecule has 1 aliphatic heterocycles. The second-order valence-electron chi connectivity index (χ2n) is 5.29. The summed E-state index contributed by atoms with van der Waals surface area (Å²) in [5.41, 5.74) is 2.99. The molecule has 0 saturated carbocycles. The maximum absolute atomic E-state index is 12.5. The number of halogens is 1. The molecule has 0 radical (unpaired) electrons. The van der Waals surface area contributed by atoms with Crippen LogP contribution in [0.3, 0.4) is 0 Å². The average Bonchev–Trinajstić information content (AvgIpc) is 2.91. The number of benzene rings is 2. The minimum Gasteiger partial charge on any atom is -0.267 e. The lowest BCUT2D eigenvalue weighted by atomic mass is 10.2. The fourth-order valence-corrected chi connectivity index (χ4v) is 3.60. The van der Waals surface area contributed by atoms with Crippen molar-refractivity contribution in [3.63, 3.8) is 0 Å². The van der Waals surface area contributed by atoms with E-state index in [0.29, 0.717) is 11.1 Å². The van der Waals surface area contributed by atoms with Crippen molar-refractivity contribution in [2.75, 3.05) is 0 Å². The normalized spacial score (nSPS) is 15.3. The summed E-state index contributed by atoms with van der Waals surface area (Å²) in [6.07, 6.45) is 1.46. The van der Waals surface area contributed by atoms with Gasteiger partial charge in [-0.3, -0.25) is 25.1 Å². The minimum atomic E-state index is -0.606. The molecule has 1 fully saturated rings. The van der Waals surface area contributed by atoms with E-state index in [2.05, 4.69) is 5.43 Å².